The molecule has 0 unspecified atom stereocenters. The van der Waals surface area contributed by atoms with Gasteiger partial charge in [-0.25, -0.2) is 17.2 Å². The lowest BCUT2D eigenvalue weighted by Gasteiger charge is -2.35. The van der Waals surface area contributed by atoms with Crippen molar-refractivity contribution >= 4 is 27.3 Å². The molecule has 2 aliphatic rings. The van der Waals surface area contributed by atoms with Crippen LogP contribution in [-0.4, -0.2) is 44.9 Å². The van der Waals surface area contributed by atoms with E-state index in [1.165, 1.54) is 12.3 Å². The summed E-state index contributed by atoms with van der Waals surface area (Å²) in [6.45, 7) is 1.50. The fourth-order valence-electron chi connectivity index (χ4n) is 4.27. The molecule has 0 aromatic heterocycles. The molecule has 1 saturated heterocycles. The predicted octanol–water partition coefficient (Wildman–Crippen LogP) is 3.64. The van der Waals surface area contributed by atoms with E-state index in [1.807, 2.05) is 0 Å². The van der Waals surface area contributed by atoms with Gasteiger partial charge >= 0.3 is 0 Å². The van der Waals surface area contributed by atoms with Crippen molar-refractivity contribution in [2.24, 2.45) is 0 Å². The Hall–Kier alpha value is -2.58. The van der Waals surface area contributed by atoms with Crippen molar-refractivity contribution in [2.75, 3.05) is 26.0 Å². The third-order valence-electron chi connectivity index (χ3n) is 6.16. The van der Waals surface area contributed by atoms with Crippen LogP contribution >= 0.6 is 0 Å². The molecule has 1 aliphatic carbocycles. The minimum absolute atomic E-state index is 0.0473. The zero-order valence-corrected chi connectivity index (χ0v) is 17.9. The van der Waals surface area contributed by atoms with Crippen molar-refractivity contribution in [1.29, 1.82) is 0 Å². The van der Waals surface area contributed by atoms with Crippen LogP contribution in [0.15, 0.2) is 36.4 Å². The molecule has 4 rings (SSSR count). The highest BCUT2D eigenvalue weighted by Gasteiger charge is 2.41. The molecule has 2 aromatic rings. The van der Waals surface area contributed by atoms with Crippen molar-refractivity contribution in [1.82, 2.24) is 5.32 Å². The van der Waals surface area contributed by atoms with Crippen LogP contribution in [0.3, 0.4) is 0 Å². The molecule has 31 heavy (non-hydrogen) atoms. The summed E-state index contributed by atoms with van der Waals surface area (Å²) in [5, 5.41) is 3.18. The number of piperidine rings is 1. The van der Waals surface area contributed by atoms with E-state index in [4.69, 9.17) is 4.74 Å². The number of hydrogen-bond acceptors (Lipinski definition) is 5. The fraction of sp³-hybridized carbons (Fsp3) is 0.348. The van der Waals surface area contributed by atoms with Crippen LogP contribution in [0.25, 0.3) is 11.6 Å². The molecule has 164 valence electrons. The number of ether oxygens (including phenoxy) is 1. The number of carbonyl (C=O) groups is 1. The molecule has 1 aliphatic heterocycles. The fourth-order valence-corrected chi connectivity index (χ4v) is 5.67. The van der Waals surface area contributed by atoms with Gasteiger partial charge in [-0.05, 0) is 61.8 Å². The van der Waals surface area contributed by atoms with Crippen LogP contribution in [0.2, 0.25) is 0 Å². The Morgan fingerprint density at radius 3 is 2.48 bits per heavy atom. The van der Waals surface area contributed by atoms with E-state index >= 15 is 0 Å². The van der Waals surface area contributed by atoms with Gasteiger partial charge in [0, 0.05) is 35.4 Å². The molecule has 5 nitrogen and oxygen atoms in total. The summed E-state index contributed by atoms with van der Waals surface area (Å²) < 4.78 is 57.1. The number of nitrogens with one attached hydrogen (secondary N) is 1. The van der Waals surface area contributed by atoms with Crippen LogP contribution < -0.4 is 10.1 Å². The van der Waals surface area contributed by atoms with Gasteiger partial charge in [0.15, 0.2) is 15.6 Å². The molecule has 0 radical (unpaired) electrons. The van der Waals surface area contributed by atoms with Gasteiger partial charge in [-0.2, -0.15) is 0 Å². The van der Waals surface area contributed by atoms with Crippen LogP contribution in [-0.2, 0) is 9.84 Å². The predicted molar refractivity (Wildman–Crippen MR) is 115 cm³/mol. The summed E-state index contributed by atoms with van der Waals surface area (Å²) in [6, 6.07) is 8.09. The highest BCUT2D eigenvalue weighted by molar-refractivity contribution is 7.92. The van der Waals surface area contributed by atoms with E-state index in [1.54, 1.807) is 24.3 Å². The molecule has 0 bridgehead atoms. The quantitative estimate of drug-likeness (QED) is 0.732. The number of allylic oxidation sites excluding steroid dienone is 1. The van der Waals surface area contributed by atoms with Gasteiger partial charge in [-0.1, -0.05) is 6.07 Å². The third kappa shape index (κ3) is 4.14. The molecule has 1 N–H and O–H groups in total. The number of Topliss-reactive ketones (excluding diaryl/α,β-unsaturated/α-hetero) is 1. The standard InChI is InChI=1S/C23H23F2NO4S/c1-31(28,29)23(6-9-26-10-7-23)8-11-30-17-4-2-15-12-20(22(27)19(15)14-17)18-5-3-16(24)13-21(18)25/h2-5,12-14,26H,6-11H2,1H3. The summed E-state index contributed by atoms with van der Waals surface area (Å²) in [5.41, 5.74) is 1.21. The van der Waals surface area contributed by atoms with Gasteiger partial charge in [-0.3, -0.25) is 4.79 Å². The first-order valence-electron chi connectivity index (χ1n) is 10.1. The van der Waals surface area contributed by atoms with Crippen LogP contribution in [0.1, 0.15) is 40.7 Å². The molecule has 2 aromatic carbocycles. The number of benzene rings is 2. The highest BCUT2D eigenvalue weighted by Crippen LogP contribution is 2.35. The first kappa shape index (κ1) is 21.6. The smallest absolute Gasteiger partial charge is 0.194 e. The molecule has 0 spiro atoms. The Labute approximate surface area is 180 Å². The minimum atomic E-state index is -3.25. The zero-order chi connectivity index (χ0) is 22.2. The topological polar surface area (TPSA) is 72.5 Å². The summed E-state index contributed by atoms with van der Waals surface area (Å²) in [4.78, 5) is 12.8. The van der Waals surface area contributed by atoms with Gasteiger partial charge in [0.2, 0.25) is 0 Å². The van der Waals surface area contributed by atoms with Crippen molar-refractivity contribution in [3.8, 4) is 5.75 Å². The van der Waals surface area contributed by atoms with Gasteiger partial charge in [0.1, 0.15) is 17.4 Å². The lowest BCUT2D eigenvalue weighted by Crippen LogP contribution is -2.48. The average Bonchev–Trinajstić information content (AvgIpc) is 3.04. The molecule has 1 heterocycles. The first-order chi connectivity index (χ1) is 14.7. The van der Waals surface area contributed by atoms with E-state index in [2.05, 4.69) is 5.32 Å². The Morgan fingerprint density at radius 2 is 1.81 bits per heavy atom. The molecule has 0 amide bonds. The second-order valence-corrected chi connectivity index (χ2v) is 10.5. The SMILES string of the molecule is CS(=O)(=O)C1(CCOc2ccc3c(c2)C(=O)C(c2ccc(F)cc2F)=C3)CCNCC1. The highest BCUT2D eigenvalue weighted by atomic mass is 32.2. The van der Waals surface area contributed by atoms with Crippen LogP contribution in [0.4, 0.5) is 8.78 Å². The average molecular weight is 448 g/mol. The Balaban J connectivity index is 1.48. The van der Waals surface area contributed by atoms with E-state index in [0.29, 0.717) is 49.2 Å². The number of ketones is 1. The maximum Gasteiger partial charge on any atom is 0.194 e. The number of carbonyl (C=O) groups excluding carboxylic acids is 1. The summed E-state index contributed by atoms with van der Waals surface area (Å²) >= 11 is 0. The van der Waals surface area contributed by atoms with E-state index in [-0.39, 0.29) is 23.5 Å². The number of rotatable bonds is 6. The van der Waals surface area contributed by atoms with Gasteiger partial charge in [0.25, 0.3) is 0 Å². The van der Waals surface area contributed by atoms with Crippen LogP contribution in [0, 0.1) is 11.6 Å². The van der Waals surface area contributed by atoms with Crippen molar-refractivity contribution in [3.05, 3.63) is 64.7 Å². The molecular weight excluding hydrogens is 424 g/mol. The normalized spacial score (nSPS) is 17.9. The number of fused-ring (bicyclic) bond motifs is 1. The molecular formula is C23H23F2NO4S. The summed E-state index contributed by atoms with van der Waals surface area (Å²) in [5.74, 6) is -1.42. The van der Waals surface area contributed by atoms with E-state index in [9.17, 15) is 22.0 Å². The second-order valence-electron chi connectivity index (χ2n) is 8.06. The van der Waals surface area contributed by atoms with Crippen molar-refractivity contribution < 1.29 is 26.7 Å². The summed E-state index contributed by atoms with van der Waals surface area (Å²) in [7, 11) is -3.25. The second kappa shape index (κ2) is 8.16. The largest absolute Gasteiger partial charge is 0.494 e. The Bertz CT molecular complexity index is 1170. The number of sulfone groups is 1. The molecule has 1 fully saturated rings. The molecule has 0 saturated carbocycles. The molecule has 8 heteroatoms. The third-order valence-corrected chi connectivity index (χ3v) is 8.35. The minimum Gasteiger partial charge on any atom is -0.494 e. The van der Waals surface area contributed by atoms with E-state index in [0.717, 1.165) is 12.1 Å². The van der Waals surface area contributed by atoms with Gasteiger partial charge in [0.05, 0.1) is 11.4 Å². The first-order valence-corrected chi connectivity index (χ1v) is 12.0. The Kier molecular flexibility index (Phi) is 5.70. The van der Waals surface area contributed by atoms with Gasteiger partial charge < -0.3 is 10.1 Å². The molecule has 0 atom stereocenters. The maximum atomic E-state index is 14.1. The van der Waals surface area contributed by atoms with Crippen molar-refractivity contribution in [3.63, 3.8) is 0 Å². The zero-order valence-electron chi connectivity index (χ0n) is 17.1. The maximum absolute atomic E-state index is 14.1. The Morgan fingerprint density at radius 1 is 1.06 bits per heavy atom. The monoisotopic (exact) mass is 447 g/mol. The van der Waals surface area contributed by atoms with Crippen LogP contribution in [0.5, 0.6) is 5.75 Å². The lowest BCUT2D eigenvalue weighted by atomic mass is 9.94. The lowest BCUT2D eigenvalue weighted by molar-refractivity contribution is 0.105. The van der Waals surface area contributed by atoms with E-state index < -0.39 is 26.2 Å². The number of hydrogen-bond donors (Lipinski definition) is 1. The summed E-state index contributed by atoms with van der Waals surface area (Å²) in [6.07, 6.45) is 4.28. The number of halogens is 2. The van der Waals surface area contributed by atoms with Gasteiger partial charge in [-0.15, -0.1) is 0 Å². The van der Waals surface area contributed by atoms with Crippen molar-refractivity contribution in [2.45, 2.75) is 24.0 Å².